The maximum absolute atomic E-state index is 12.4. The van der Waals surface area contributed by atoms with E-state index in [9.17, 15) is 9.00 Å². The average molecular weight is 339 g/mol. The molecule has 0 atom stereocenters. The van der Waals surface area contributed by atoms with Crippen molar-refractivity contribution < 1.29 is 13.7 Å². The molecule has 1 aliphatic heterocycles. The minimum Gasteiger partial charge on any atom is -0.496 e. The van der Waals surface area contributed by atoms with Gasteiger partial charge in [0.15, 0.2) is 0 Å². The van der Waals surface area contributed by atoms with Crippen molar-refractivity contribution in [1.29, 1.82) is 0 Å². The van der Waals surface area contributed by atoms with Crippen LogP contribution in [0.1, 0.15) is 10.4 Å². The van der Waals surface area contributed by atoms with Crippen LogP contribution >= 0.6 is 24.0 Å². The topological polar surface area (TPSA) is 72.6 Å². The first kappa shape index (κ1) is 17.1. The molecule has 0 saturated carbocycles. The number of nitrogens with two attached hydrogens (primary N) is 1. The summed E-state index contributed by atoms with van der Waals surface area (Å²) in [6.45, 7) is 0.965. The summed E-state index contributed by atoms with van der Waals surface area (Å²) in [6, 6.07) is 3.06. The lowest BCUT2D eigenvalue weighted by Gasteiger charge is -2.27. The first-order valence-electron chi connectivity index (χ1n) is 5.80. The number of nitrogen functional groups attached to an aromatic ring is 1. The van der Waals surface area contributed by atoms with E-state index in [1.807, 2.05) is 0 Å². The minimum atomic E-state index is -0.820. The van der Waals surface area contributed by atoms with Crippen LogP contribution in [0.5, 0.6) is 5.75 Å². The molecule has 112 valence electrons. The fraction of sp³-hybridized carbons (Fsp3) is 0.417. The Morgan fingerprint density at radius 3 is 2.55 bits per heavy atom. The third-order valence-electron chi connectivity index (χ3n) is 3.01. The molecular weight excluding hydrogens is 323 g/mol. The molecule has 20 heavy (non-hydrogen) atoms. The summed E-state index contributed by atoms with van der Waals surface area (Å²) in [5, 5.41) is 0.324. The van der Waals surface area contributed by atoms with Gasteiger partial charge in [0.2, 0.25) is 0 Å². The van der Waals surface area contributed by atoms with Crippen molar-refractivity contribution in [2.45, 2.75) is 0 Å². The van der Waals surface area contributed by atoms with Crippen LogP contribution in [0.2, 0.25) is 5.02 Å². The van der Waals surface area contributed by atoms with Crippen LogP contribution in [-0.2, 0) is 10.8 Å². The average Bonchev–Trinajstić information content (AvgIpc) is 2.41. The Morgan fingerprint density at radius 1 is 1.40 bits per heavy atom. The Labute approximate surface area is 131 Å². The summed E-state index contributed by atoms with van der Waals surface area (Å²) in [5.41, 5.74) is 6.44. The van der Waals surface area contributed by atoms with Crippen LogP contribution in [0.15, 0.2) is 12.1 Å². The number of benzene rings is 1. The molecule has 1 aromatic rings. The molecule has 2 N–H and O–H groups in total. The Bertz CT molecular complexity index is 530. The molecule has 1 fully saturated rings. The number of methoxy groups -OCH3 is 1. The van der Waals surface area contributed by atoms with E-state index in [-0.39, 0.29) is 18.3 Å². The van der Waals surface area contributed by atoms with E-state index in [4.69, 9.17) is 22.1 Å². The van der Waals surface area contributed by atoms with Gasteiger partial charge in [0, 0.05) is 41.5 Å². The molecule has 0 bridgehead atoms. The molecule has 1 amide bonds. The number of anilines is 1. The molecule has 0 aromatic heterocycles. The van der Waals surface area contributed by atoms with Crippen molar-refractivity contribution in [3.05, 3.63) is 22.7 Å². The second kappa shape index (κ2) is 7.15. The number of halogens is 2. The van der Waals surface area contributed by atoms with Crippen molar-refractivity contribution in [3.8, 4) is 5.75 Å². The highest BCUT2D eigenvalue weighted by Gasteiger charge is 2.24. The number of ether oxygens (including phenoxy) is 1. The zero-order chi connectivity index (χ0) is 14.0. The highest BCUT2D eigenvalue weighted by molar-refractivity contribution is 7.85. The van der Waals surface area contributed by atoms with Crippen LogP contribution in [0.25, 0.3) is 0 Å². The van der Waals surface area contributed by atoms with Gasteiger partial charge in [-0.3, -0.25) is 9.00 Å². The van der Waals surface area contributed by atoms with E-state index in [1.165, 1.54) is 19.2 Å². The zero-order valence-electron chi connectivity index (χ0n) is 10.9. The second-order valence-corrected chi connectivity index (χ2v) is 6.32. The monoisotopic (exact) mass is 338 g/mol. The van der Waals surface area contributed by atoms with Crippen LogP contribution in [0, 0.1) is 0 Å². The van der Waals surface area contributed by atoms with Gasteiger partial charge in [-0.15, -0.1) is 12.4 Å². The lowest BCUT2D eigenvalue weighted by Crippen LogP contribution is -2.41. The number of carbonyl (C=O) groups is 1. The molecule has 5 nitrogen and oxygen atoms in total. The normalized spacial score (nSPS) is 15.6. The molecular formula is C12H16Cl2N2O3S. The van der Waals surface area contributed by atoms with Gasteiger partial charge in [0.05, 0.1) is 23.4 Å². The van der Waals surface area contributed by atoms with Gasteiger partial charge in [-0.05, 0) is 6.07 Å². The molecule has 1 heterocycles. The van der Waals surface area contributed by atoms with Crippen molar-refractivity contribution >= 4 is 46.4 Å². The van der Waals surface area contributed by atoms with E-state index in [1.54, 1.807) is 4.90 Å². The lowest BCUT2D eigenvalue weighted by molar-refractivity contribution is 0.0768. The van der Waals surface area contributed by atoms with Gasteiger partial charge >= 0.3 is 0 Å². The molecule has 0 aliphatic carbocycles. The molecule has 1 aliphatic rings. The first-order valence-corrected chi connectivity index (χ1v) is 7.66. The molecule has 0 radical (unpaired) electrons. The van der Waals surface area contributed by atoms with Gasteiger partial charge in [0.25, 0.3) is 5.91 Å². The van der Waals surface area contributed by atoms with Gasteiger partial charge in [0.1, 0.15) is 5.75 Å². The fourth-order valence-electron chi connectivity index (χ4n) is 1.92. The van der Waals surface area contributed by atoms with E-state index >= 15 is 0 Å². The number of hydrogen-bond acceptors (Lipinski definition) is 4. The third-order valence-corrected chi connectivity index (χ3v) is 4.62. The summed E-state index contributed by atoms with van der Waals surface area (Å²) in [6.07, 6.45) is 0. The smallest absolute Gasteiger partial charge is 0.257 e. The SMILES string of the molecule is COc1cc(N)c(Cl)cc1C(=O)N1CCS(=O)CC1.Cl. The molecule has 2 rings (SSSR count). The Balaban J connectivity index is 0.00000200. The van der Waals surface area contributed by atoms with E-state index < -0.39 is 10.8 Å². The highest BCUT2D eigenvalue weighted by Crippen LogP contribution is 2.29. The molecule has 1 saturated heterocycles. The van der Waals surface area contributed by atoms with Gasteiger partial charge in [-0.2, -0.15) is 0 Å². The number of carbonyl (C=O) groups excluding carboxylic acids is 1. The highest BCUT2D eigenvalue weighted by atomic mass is 35.5. The van der Waals surface area contributed by atoms with Gasteiger partial charge in [-0.25, -0.2) is 0 Å². The minimum absolute atomic E-state index is 0. The maximum atomic E-state index is 12.4. The summed E-state index contributed by atoms with van der Waals surface area (Å²) >= 11 is 5.95. The van der Waals surface area contributed by atoms with E-state index in [0.717, 1.165) is 0 Å². The van der Waals surface area contributed by atoms with Gasteiger partial charge in [-0.1, -0.05) is 11.6 Å². The zero-order valence-corrected chi connectivity index (χ0v) is 13.3. The van der Waals surface area contributed by atoms with E-state index in [2.05, 4.69) is 0 Å². The summed E-state index contributed by atoms with van der Waals surface area (Å²) < 4.78 is 16.5. The molecule has 0 spiro atoms. The first-order chi connectivity index (χ1) is 9.02. The van der Waals surface area contributed by atoms with Crippen molar-refractivity contribution in [2.24, 2.45) is 0 Å². The quantitative estimate of drug-likeness (QED) is 0.830. The summed E-state index contributed by atoms with van der Waals surface area (Å²) in [7, 11) is 0.657. The van der Waals surface area contributed by atoms with Crippen LogP contribution < -0.4 is 10.5 Å². The maximum Gasteiger partial charge on any atom is 0.257 e. The molecule has 8 heteroatoms. The Hall–Kier alpha value is -0.980. The standard InChI is InChI=1S/C12H15ClN2O3S.ClH/c1-18-11-7-10(14)9(13)6-8(11)12(16)15-2-4-19(17)5-3-15;/h6-7H,2-5,14H2,1H3;1H. The largest absolute Gasteiger partial charge is 0.496 e. The van der Waals surface area contributed by atoms with E-state index in [0.29, 0.717) is 46.6 Å². The summed E-state index contributed by atoms with van der Waals surface area (Å²) in [5.74, 6) is 1.25. The second-order valence-electron chi connectivity index (χ2n) is 4.21. The number of rotatable bonds is 2. The van der Waals surface area contributed by atoms with Crippen molar-refractivity contribution in [2.75, 3.05) is 37.4 Å². The number of hydrogen-bond donors (Lipinski definition) is 1. The van der Waals surface area contributed by atoms with Crippen molar-refractivity contribution in [3.63, 3.8) is 0 Å². The molecule has 1 aromatic carbocycles. The Morgan fingerprint density at radius 2 is 2.00 bits per heavy atom. The lowest BCUT2D eigenvalue weighted by atomic mass is 10.1. The molecule has 0 unspecified atom stereocenters. The predicted molar refractivity (Wildman–Crippen MR) is 83.4 cm³/mol. The summed E-state index contributed by atoms with van der Waals surface area (Å²) in [4.78, 5) is 14.1. The number of nitrogens with zero attached hydrogens (tertiary/aromatic N) is 1. The fourth-order valence-corrected chi connectivity index (χ4v) is 3.13. The van der Waals surface area contributed by atoms with Crippen LogP contribution in [0.3, 0.4) is 0 Å². The third kappa shape index (κ3) is 3.56. The van der Waals surface area contributed by atoms with Crippen LogP contribution in [0.4, 0.5) is 5.69 Å². The van der Waals surface area contributed by atoms with Crippen LogP contribution in [-0.4, -0.2) is 46.7 Å². The Kier molecular flexibility index (Phi) is 6.10. The number of amides is 1. The van der Waals surface area contributed by atoms with Gasteiger partial charge < -0.3 is 15.4 Å². The van der Waals surface area contributed by atoms with Crippen molar-refractivity contribution in [1.82, 2.24) is 4.90 Å². The predicted octanol–water partition coefficient (Wildman–Crippen LogP) is 1.56.